The molecular weight excluding hydrogens is 268 g/mol. The Labute approximate surface area is 122 Å². The van der Waals surface area contributed by atoms with Crippen molar-refractivity contribution in [2.24, 2.45) is 0 Å². The fourth-order valence-corrected chi connectivity index (χ4v) is 3.23. The van der Waals surface area contributed by atoms with Gasteiger partial charge in [0.1, 0.15) is 5.82 Å². The molecule has 0 N–H and O–H groups in total. The molecule has 1 aliphatic heterocycles. The van der Waals surface area contributed by atoms with Crippen molar-refractivity contribution in [3.8, 4) is 11.4 Å². The number of halogens is 1. The molecular formula is C17H13ClN2. The van der Waals surface area contributed by atoms with Crippen LogP contribution < -0.4 is 0 Å². The molecule has 0 radical (unpaired) electrons. The molecule has 0 saturated carbocycles. The molecule has 1 unspecified atom stereocenters. The van der Waals surface area contributed by atoms with Crippen molar-refractivity contribution in [2.45, 2.75) is 13.0 Å². The molecule has 0 aliphatic carbocycles. The summed E-state index contributed by atoms with van der Waals surface area (Å²) in [6.07, 6.45) is 3.88. The molecule has 2 nitrogen and oxygen atoms in total. The zero-order valence-corrected chi connectivity index (χ0v) is 11.8. The highest BCUT2D eigenvalue weighted by Gasteiger charge is 2.30. The predicted octanol–water partition coefficient (Wildman–Crippen LogP) is 4.46. The molecule has 2 aromatic carbocycles. The second-order valence-electron chi connectivity index (χ2n) is 5.17. The predicted molar refractivity (Wildman–Crippen MR) is 81.1 cm³/mol. The van der Waals surface area contributed by atoms with Crippen LogP contribution in [0.2, 0.25) is 5.02 Å². The first-order chi connectivity index (χ1) is 9.75. The smallest absolute Gasteiger partial charge is 0.141 e. The monoisotopic (exact) mass is 280 g/mol. The van der Waals surface area contributed by atoms with Crippen LogP contribution in [0.4, 0.5) is 0 Å². The first kappa shape index (κ1) is 11.7. The maximum atomic E-state index is 6.44. The van der Waals surface area contributed by atoms with Gasteiger partial charge in [-0.2, -0.15) is 0 Å². The van der Waals surface area contributed by atoms with Crippen molar-refractivity contribution in [3.63, 3.8) is 0 Å². The minimum absolute atomic E-state index is 0.121. The van der Waals surface area contributed by atoms with E-state index in [9.17, 15) is 0 Å². The van der Waals surface area contributed by atoms with Crippen molar-refractivity contribution in [1.29, 1.82) is 0 Å². The van der Waals surface area contributed by atoms with E-state index >= 15 is 0 Å². The summed E-state index contributed by atoms with van der Waals surface area (Å²) in [6.45, 7) is 2.09. The van der Waals surface area contributed by atoms with Crippen LogP contribution in [0, 0.1) is 6.92 Å². The van der Waals surface area contributed by atoms with Crippen molar-refractivity contribution < 1.29 is 0 Å². The number of fused-ring (bicyclic) bond motifs is 3. The van der Waals surface area contributed by atoms with Crippen LogP contribution in [-0.2, 0) is 0 Å². The first-order valence-corrected chi connectivity index (χ1v) is 7.01. The summed E-state index contributed by atoms with van der Waals surface area (Å²) in [5.74, 6) is 1.02. The van der Waals surface area contributed by atoms with Crippen molar-refractivity contribution in [3.05, 3.63) is 76.6 Å². The van der Waals surface area contributed by atoms with Crippen LogP contribution >= 0.6 is 11.6 Å². The molecule has 1 aromatic heterocycles. The Morgan fingerprint density at radius 1 is 1.10 bits per heavy atom. The Hall–Kier alpha value is -2.06. The largest absolute Gasteiger partial charge is 0.319 e. The minimum atomic E-state index is 0.121. The number of benzene rings is 2. The summed E-state index contributed by atoms with van der Waals surface area (Å²) in [5.41, 5.74) is 4.81. The lowest BCUT2D eigenvalue weighted by Crippen LogP contribution is -2.07. The highest BCUT2D eigenvalue weighted by Crippen LogP contribution is 2.43. The van der Waals surface area contributed by atoms with Gasteiger partial charge in [-0.15, -0.1) is 0 Å². The highest BCUT2D eigenvalue weighted by molar-refractivity contribution is 6.31. The molecule has 1 aliphatic rings. The van der Waals surface area contributed by atoms with Gasteiger partial charge in [-0.1, -0.05) is 53.6 Å². The fraction of sp³-hybridized carbons (Fsp3) is 0.118. The van der Waals surface area contributed by atoms with Gasteiger partial charge in [-0.3, -0.25) is 0 Å². The third kappa shape index (κ3) is 1.55. The summed E-state index contributed by atoms with van der Waals surface area (Å²) in [6, 6.07) is 14.7. The molecule has 20 heavy (non-hydrogen) atoms. The van der Waals surface area contributed by atoms with Gasteiger partial charge < -0.3 is 4.57 Å². The average Bonchev–Trinajstić information content (AvgIpc) is 3.02. The lowest BCUT2D eigenvalue weighted by atomic mass is 9.96. The maximum Gasteiger partial charge on any atom is 0.141 e. The summed E-state index contributed by atoms with van der Waals surface area (Å²) in [7, 11) is 0. The Balaban J connectivity index is 2.01. The zero-order chi connectivity index (χ0) is 13.7. The Kier molecular flexibility index (Phi) is 2.48. The Bertz CT molecular complexity index is 804. The number of nitrogens with zero attached hydrogens (tertiary/aromatic N) is 2. The van der Waals surface area contributed by atoms with Crippen molar-refractivity contribution >= 4 is 11.6 Å². The van der Waals surface area contributed by atoms with E-state index in [2.05, 4.69) is 46.8 Å². The van der Waals surface area contributed by atoms with Gasteiger partial charge >= 0.3 is 0 Å². The molecule has 3 heteroatoms. The van der Waals surface area contributed by atoms with Gasteiger partial charge in [0.05, 0.1) is 6.04 Å². The van der Waals surface area contributed by atoms with Crippen LogP contribution in [-0.4, -0.2) is 9.55 Å². The number of hydrogen-bond acceptors (Lipinski definition) is 1. The quantitative estimate of drug-likeness (QED) is 0.503. The van der Waals surface area contributed by atoms with E-state index in [-0.39, 0.29) is 6.04 Å². The first-order valence-electron chi connectivity index (χ1n) is 6.64. The second kappa shape index (κ2) is 4.22. The molecule has 2 heterocycles. The molecule has 4 rings (SSSR count). The number of aromatic nitrogens is 2. The van der Waals surface area contributed by atoms with Crippen LogP contribution in [0.5, 0.6) is 0 Å². The van der Waals surface area contributed by atoms with E-state index < -0.39 is 0 Å². The van der Waals surface area contributed by atoms with E-state index in [0.29, 0.717) is 0 Å². The average molecular weight is 281 g/mol. The van der Waals surface area contributed by atoms with Gasteiger partial charge in [0, 0.05) is 23.0 Å². The van der Waals surface area contributed by atoms with E-state index in [1.54, 1.807) is 0 Å². The van der Waals surface area contributed by atoms with Gasteiger partial charge in [0.2, 0.25) is 0 Å². The lowest BCUT2D eigenvalue weighted by molar-refractivity contribution is 0.716. The van der Waals surface area contributed by atoms with Gasteiger partial charge in [-0.25, -0.2) is 4.98 Å². The Morgan fingerprint density at radius 3 is 2.85 bits per heavy atom. The van der Waals surface area contributed by atoms with Crippen LogP contribution in [0.25, 0.3) is 11.4 Å². The molecule has 0 saturated heterocycles. The number of imidazole rings is 1. The van der Waals surface area contributed by atoms with E-state index in [1.807, 2.05) is 24.5 Å². The standard InChI is InChI=1S/C17H13ClN2/c1-11-6-7-15(18)14(10-11)16-12-4-2-3-5-13(12)17-19-8-9-20(16)17/h2-10,16H,1H3. The van der Waals surface area contributed by atoms with Crippen molar-refractivity contribution in [1.82, 2.24) is 9.55 Å². The highest BCUT2D eigenvalue weighted by atomic mass is 35.5. The molecule has 0 bridgehead atoms. The lowest BCUT2D eigenvalue weighted by Gasteiger charge is -2.17. The molecule has 98 valence electrons. The summed E-state index contributed by atoms with van der Waals surface area (Å²) < 4.78 is 2.20. The Morgan fingerprint density at radius 2 is 1.95 bits per heavy atom. The molecule has 1 atom stereocenters. The summed E-state index contributed by atoms with van der Waals surface area (Å²) in [5, 5.41) is 0.803. The van der Waals surface area contributed by atoms with Gasteiger partial charge in [-0.05, 0) is 24.1 Å². The molecule has 0 fully saturated rings. The van der Waals surface area contributed by atoms with E-state index in [0.717, 1.165) is 16.4 Å². The molecule has 3 aromatic rings. The van der Waals surface area contributed by atoms with E-state index in [4.69, 9.17) is 11.6 Å². The topological polar surface area (TPSA) is 17.8 Å². The van der Waals surface area contributed by atoms with Crippen molar-refractivity contribution in [2.75, 3.05) is 0 Å². The SMILES string of the molecule is Cc1ccc(Cl)c(C2c3ccccc3-c3nccn32)c1. The normalized spacial score (nSPS) is 16.0. The third-order valence-corrected chi connectivity index (χ3v) is 4.23. The molecule has 0 spiro atoms. The third-order valence-electron chi connectivity index (χ3n) is 3.89. The van der Waals surface area contributed by atoms with E-state index in [1.165, 1.54) is 16.7 Å². The molecule has 0 amide bonds. The summed E-state index contributed by atoms with van der Waals surface area (Å²) >= 11 is 6.44. The van der Waals surface area contributed by atoms with Gasteiger partial charge in [0.15, 0.2) is 0 Å². The number of hydrogen-bond donors (Lipinski definition) is 0. The number of aryl methyl sites for hydroxylation is 1. The van der Waals surface area contributed by atoms with Crippen LogP contribution in [0.3, 0.4) is 0 Å². The van der Waals surface area contributed by atoms with Gasteiger partial charge in [0.25, 0.3) is 0 Å². The van der Waals surface area contributed by atoms with Crippen LogP contribution in [0.1, 0.15) is 22.7 Å². The fourth-order valence-electron chi connectivity index (χ4n) is 3.01. The van der Waals surface area contributed by atoms with Crippen LogP contribution in [0.15, 0.2) is 54.9 Å². The zero-order valence-electron chi connectivity index (χ0n) is 11.0. The minimum Gasteiger partial charge on any atom is -0.319 e. The number of rotatable bonds is 1. The maximum absolute atomic E-state index is 6.44. The second-order valence-corrected chi connectivity index (χ2v) is 5.58. The summed E-state index contributed by atoms with van der Waals surface area (Å²) in [4.78, 5) is 4.49.